The van der Waals surface area contributed by atoms with Gasteiger partial charge in [-0.25, -0.2) is 4.79 Å². The molecule has 0 atom stereocenters. The molecule has 0 aliphatic rings. The third kappa shape index (κ3) is 4.45. The maximum Gasteiger partial charge on any atom is 0.482 e. The fraction of sp³-hybridized carbons (Fsp3) is 0.182. The number of carbonyl (C=O) groups is 1. The van der Waals surface area contributed by atoms with E-state index >= 15 is 0 Å². The molecule has 0 aliphatic heterocycles. The van der Waals surface area contributed by atoms with Gasteiger partial charge in [-0.05, 0) is 17.7 Å². The minimum absolute atomic E-state index is 0.272. The largest absolute Gasteiger partial charge is 0.482 e. The van der Waals surface area contributed by atoms with Crippen LogP contribution in [0.15, 0.2) is 29.8 Å². The number of rotatable bonds is 4. The summed E-state index contributed by atoms with van der Waals surface area (Å²) >= 11 is 5.81. The van der Waals surface area contributed by atoms with Gasteiger partial charge in [0.25, 0.3) is 0 Å². The molecule has 0 amide bonds. The van der Waals surface area contributed by atoms with Crippen LogP contribution in [-0.2, 0) is 9.53 Å². The Morgan fingerprint density at radius 1 is 1.39 bits per heavy atom. The van der Waals surface area contributed by atoms with Crippen LogP contribution in [0.5, 0.6) is 0 Å². The number of hydrogen-bond acceptors (Lipinski definition) is 2. The lowest BCUT2D eigenvalue weighted by Gasteiger charge is -2.15. The Morgan fingerprint density at radius 3 is 2.50 bits per heavy atom. The zero-order valence-corrected chi connectivity index (χ0v) is 10.3. The third-order valence-electron chi connectivity index (χ3n) is 2.13. The number of hydrogen-bond donors (Lipinski definition) is 0. The van der Waals surface area contributed by atoms with Gasteiger partial charge in [0.05, 0.1) is 7.11 Å². The first kappa shape index (κ1) is 14.6. The van der Waals surface area contributed by atoms with Crippen LogP contribution in [0.2, 0.25) is 11.3 Å². The second-order valence-electron chi connectivity index (χ2n) is 3.60. The minimum atomic E-state index is -5.11. The molecule has 2 nitrogen and oxygen atoms in total. The molecular weight excluding hydrogens is 267 g/mol. The van der Waals surface area contributed by atoms with Crippen LogP contribution >= 0.6 is 11.6 Å². The first-order chi connectivity index (χ1) is 8.33. The van der Waals surface area contributed by atoms with E-state index in [9.17, 15) is 17.7 Å². The van der Waals surface area contributed by atoms with E-state index in [2.05, 4.69) is 4.74 Å². The van der Waals surface area contributed by atoms with E-state index in [0.29, 0.717) is 5.56 Å². The van der Waals surface area contributed by atoms with Gasteiger partial charge in [0.15, 0.2) is 0 Å². The molecule has 1 aromatic carbocycles. The fourth-order valence-electron chi connectivity index (χ4n) is 1.36. The van der Waals surface area contributed by atoms with Crippen molar-refractivity contribution in [1.29, 1.82) is 0 Å². The molecule has 0 N–H and O–H groups in total. The number of halogens is 4. The molecule has 1 aromatic rings. The summed E-state index contributed by atoms with van der Waals surface area (Å²) in [6, 6.07) is 6.31. The topological polar surface area (TPSA) is 26.3 Å². The SMILES string of the molecule is COC(=O)/C(=C/c1ccccc1Cl)C[B-](F)(F)F. The van der Waals surface area contributed by atoms with Crippen LogP contribution in [0.1, 0.15) is 5.56 Å². The highest BCUT2D eigenvalue weighted by molar-refractivity contribution is 6.60. The summed E-state index contributed by atoms with van der Waals surface area (Å²) in [6.45, 7) is -5.11. The van der Waals surface area contributed by atoms with E-state index in [4.69, 9.17) is 11.6 Å². The second-order valence-corrected chi connectivity index (χ2v) is 4.00. The average Bonchev–Trinajstić information content (AvgIpc) is 2.28. The standard InChI is InChI=1S/C11H10BClF3O2/c1-18-11(17)9(7-12(14,15)16)6-8-4-2-3-5-10(8)13/h2-6H,7H2,1H3/q-1/b9-6+. The summed E-state index contributed by atoms with van der Waals surface area (Å²) in [6.07, 6.45) is -0.193. The maximum absolute atomic E-state index is 12.4. The van der Waals surface area contributed by atoms with Gasteiger partial charge >= 0.3 is 12.9 Å². The first-order valence-corrected chi connectivity index (χ1v) is 5.45. The highest BCUT2D eigenvalue weighted by Crippen LogP contribution is 2.25. The quantitative estimate of drug-likeness (QED) is 0.476. The Balaban J connectivity index is 3.11. The summed E-state index contributed by atoms with van der Waals surface area (Å²) in [7, 11) is 1.03. The van der Waals surface area contributed by atoms with Crippen molar-refractivity contribution in [2.45, 2.75) is 6.32 Å². The van der Waals surface area contributed by atoms with Crippen molar-refractivity contribution in [2.24, 2.45) is 0 Å². The summed E-state index contributed by atoms with van der Waals surface area (Å²) < 4.78 is 41.5. The number of ether oxygens (including phenoxy) is 1. The number of benzene rings is 1. The lowest BCUT2D eigenvalue weighted by atomic mass is 9.81. The molecule has 0 aromatic heterocycles. The second kappa shape index (κ2) is 5.95. The third-order valence-corrected chi connectivity index (χ3v) is 2.48. The van der Waals surface area contributed by atoms with Crippen LogP contribution < -0.4 is 0 Å². The van der Waals surface area contributed by atoms with E-state index in [0.717, 1.165) is 13.2 Å². The molecule has 0 aliphatic carbocycles. The van der Waals surface area contributed by atoms with Gasteiger partial charge in [0.2, 0.25) is 0 Å². The molecular formula is C11H10BClF3O2-. The number of carbonyl (C=O) groups excluding carboxylic acids is 1. The van der Waals surface area contributed by atoms with Gasteiger partial charge < -0.3 is 17.7 Å². The lowest BCUT2D eigenvalue weighted by Crippen LogP contribution is -2.19. The van der Waals surface area contributed by atoms with Gasteiger partial charge in [-0.1, -0.05) is 36.1 Å². The molecule has 18 heavy (non-hydrogen) atoms. The van der Waals surface area contributed by atoms with Crippen molar-refractivity contribution in [1.82, 2.24) is 0 Å². The van der Waals surface area contributed by atoms with Crippen molar-refractivity contribution in [3.8, 4) is 0 Å². The molecule has 0 fully saturated rings. The first-order valence-electron chi connectivity index (χ1n) is 5.08. The van der Waals surface area contributed by atoms with Gasteiger partial charge in [-0.3, -0.25) is 0 Å². The van der Waals surface area contributed by atoms with Crippen molar-refractivity contribution in [3.05, 3.63) is 40.4 Å². The van der Waals surface area contributed by atoms with Gasteiger partial charge in [0, 0.05) is 10.6 Å². The Kier molecular flexibility index (Phi) is 4.84. The molecule has 0 heterocycles. The molecule has 0 spiro atoms. The normalized spacial score (nSPS) is 12.4. The fourth-order valence-corrected chi connectivity index (χ4v) is 1.55. The van der Waals surface area contributed by atoms with E-state index in [1.165, 1.54) is 12.1 Å². The van der Waals surface area contributed by atoms with Crippen molar-refractivity contribution in [3.63, 3.8) is 0 Å². The van der Waals surface area contributed by atoms with E-state index in [1.807, 2.05) is 0 Å². The molecule has 98 valence electrons. The van der Waals surface area contributed by atoms with Crippen LogP contribution in [0.4, 0.5) is 12.9 Å². The zero-order chi connectivity index (χ0) is 13.8. The van der Waals surface area contributed by atoms with E-state index in [-0.39, 0.29) is 5.02 Å². The van der Waals surface area contributed by atoms with Crippen molar-refractivity contribution >= 4 is 30.6 Å². The number of esters is 1. The van der Waals surface area contributed by atoms with Crippen LogP contribution in [0, 0.1) is 0 Å². The number of methoxy groups -OCH3 is 1. The Bertz CT molecular complexity index is 472. The van der Waals surface area contributed by atoms with Gasteiger partial charge in [-0.2, -0.15) is 0 Å². The highest BCUT2D eigenvalue weighted by atomic mass is 35.5. The van der Waals surface area contributed by atoms with Crippen LogP contribution in [0.3, 0.4) is 0 Å². The summed E-state index contributed by atoms with van der Waals surface area (Å²) in [5, 5.41) is 0.272. The highest BCUT2D eigenvalue weighted by Gasteiger charge is 2.27. The maximum atomic E-state index is 12.4. The van der Waals surface area contributed by atoms with E-state index in [1.54, 1.807) is 12.1 Å². The van der Waals surface area contributed by atoms with Gasteiger partial charge in [0.1, 0.15) is 0 Å². The van der Waals surface area contributed by atoms with Crippen LogP contribution in [-0.4, -0.2) is 20.1 Å². The predicted octanol–water partition coefficient (Wildman–Crippen LogP) is 3.74. The Hall–Kier alpha value is -1.43. The molecule has 0 bridgehead atoms. The lowest BCUT2D eigenvalue weighted by molar-refractivity contribution is -0.136. The predicted molar refractivity (Wildman–Crippen MR) is 65.3 cm³/mol. The Morgan fingerprint density at radius 2 is 2.00 bits per heavy atom. The molecule has 0 unspecified atom stereocenters. The summed E-state index contributed by atoms with van der Waals surface area (Å²) in [5.74, 6) is -1.01. The Labute approximate surface area is 107 Å². The average molecular weight is 277 g/mol. The smallest absolute Gasteiger partial charge is 0.466 e. The van der Waals surface area contributed by atoms with Crippen molar-refractivity contribution < 1.29 is 22.5 Å². The van der Waals surface area contributed by atoms with Crippen molar-refractivity contribution in [2.75, 3.05) is 7.11 Å². The zero-order valence-electron chi connectivity index (χ0n) is 9.50. The molecule has 7 heteroatoms. The monoisotopic (exact) mass is 277 g/mol. The molecule has 0 saturated heterocycles. The van der Waals surface area contributed by atoms with E-state index < -0.39 is 24.8 Å². The van der Waals surface area contributed by atoms with Gasteiger partial charge in [-0.15, -0.1) is 0 Å². The summed E-state index contributed by atoms with van der Waals surface area (Å²) in [4.78, 5) is 11.3. The minimum Gasteiger partial charge on any atom is -0.466 e. The molecule has 0 saturated carbocycles. The summed E-state index contributed by atoms with van der Waals surface area (Å²) in [5.41, 5.74) is -0.113. The molecule has 0 radical (unpaired) electrons. The van der Waals surface area contributed by atoms with Crippen LogP contribution in [0.25, 0.3) is 6.08 Å². The molecule has 1 rings (SSSR count).